The molecule has 106 valence electrons. The smallest absolute Gasteiger partial charge is 0.254 e. The molecule has 1 fully saturated rings. The number of ether oxygens (including phenoxy) is 2. The Kier molecular flexibility index (Phi) is 3.88. The topological polar surface area (TPSA) is 84.9 Å². The van der Waals surface area contributed by atoms with Crippen LogP contribution in [0.25, 0.3) is 0 Å². The zero-order valence-corrected chi connectivity index (χ0v) is 11.1. The van der Waals surface area contributed by atoms with Crippen molar-refractivity contribution in [2.24, 2.45) is 0 Å². The molecular formula is C13H14N2O5. The van der Waals surface area contributed by atoms with Crippen LogP contribution < -0.4 is 14.8 Å². The molecule has 20 heavy (non-hydrogen) atoms. The van der Waals surface area contributed by atoms with Gasteiger partial charge in [0.2, 0.25) is 11.8 Å². The number of amides is 3. The number of hydrogen-bond donors (Lipinski definition) is 1. The number of methoxy groups -OCH3 is 2. The molecule has 1 aliphatic rings. The van der Waals surface area contributed by atoms with Crippen molar-refractivity contribution in [3.63, 3.8) is 0 Å². The van der Waals surface area contributed by atoms with Crippen LogP contribution in [0.3, 0.4) is 0 Å². The summed E-state index contributed by atoms with van der Waals surface area (Å²) in [6.07, 6.45) is 0. The van der Waals surface area contributed by atoms with E-state index in [2.05, 4.69) is 5.32 Å². The highest BCUT2D eigenvalue weighted by molar-refractivity contribution is 6.05. The van der Waals surface area contributed by atoms with Gasteiger partial charge in [0.1, 0.15) is 13.1 Å². The SMILES string of the molecule is COc1ccc(C(=O)N2CC(=O)NC(=O)C2)cc1OC. The van der Waals surface area contributed by atoms with E-state index in [-0.39, 0.29) is 13.1 Å². The van der Waals surface area contributed by atoms with Crippen LogP contribution in [0.2, 0.25) is 0 Å². The van der Waals surface area contributed by atoms with Gasteiger partial charge in [-0.15, -0.1) is 0 Å². The lowest BCUT2D eigenvalue weighted by molar-refractivity contribution is -0.135. The molecule has 3 amide bonds. The van der Waals surface area contributed by atoms with Crippen LogP contribution in [0.1, 0.15) is 10.4 Å². The molecule has 1 saturated heterocycles. The number of hydrogen-bond acceptors (Lipinski definition) is 5. The third-order valence-electron chi connectivity index (χ3n) is 2.87. The van der Waals surface area contributed by atoms with Gasteiger partial charge in [0.25, 0.3) is 5.91 Å². The molecule has 0 unspecified atom stereocenters. The van der Waals surface area contributed by atoms with E-state index in [1.54, 1.807) is 12.1 Å². The Balaban J connectivity index is 2.24. The highest BCUT2D eigenvalue weighted by Crippen LogP contribution is 2.28. The third-order valence-corrected chi connectivity index (χ3v) is 2.87. The fourth-order valence-corrected chi connectivity index (χ4v) is 1.93. The summed E-state index contributed by atoms with van der Waals surface area (Å²) in [6.45, 7) is -0.280. The molecule has 0 bridgehead atoms. The molecule has 1 N–H and O–H groups in total. The number of nitrogens with one attached hydrogen (secondary N) is 1. The average molecular weight is 278 g/mol. The lowest BCUT2D eigenvalue weighted by atomic mass is 10.1. The maximum absolute atomic E-state index is 12.3. The quantitative estimate of drug-likeness (QED) is 0.774. The molecule has 1 heterocycles. The van der Waals surface area contributed by atoms with E-state index in [1.165, 1.54) is 25.2 Å². The number of imide groups is 1. The van der Waals surface area contributed by atoms with Gasteiger partial charge < -0.3 is 14.4 Å². The zero-order valence-electron chi connectivity index (χ0n) is 11.1. The fraction of sp³-hybridized carbons (Fsp3) is 0.308. The normalized spacial score (nSPS) is 14.8. The summed E-state index contributed by atoms with van der Waals surface area (Å²) >= 11 is 0. The van der Waals surface area contributed by atoms with E-state index < -0.39 is 17.7 Å². The highest BCUT2D eigenvalue weighted by atomic mass is 16.5. The second-order valence-corrected chi connectivity index (χ2v) is 4.20. The lowest BCUT2D eigenvalue weighted by Gasteiger charge is -2.25. The first-order valence-corrected chi connectivity index (χ1v) is 5.89. The Hall–Kier alpha value is -2.57. The molecule has 0 saturated carbocycles. The van der Waals surface area contributed by atoms with Gasteiger partial charge in [0.05, 0.1) is 14.2 Å². The van der Waals surface area contributed by atoms with Gasteiger partial charge in [0, 0.05) is 5.56 Å². The van der Waals surface area contributed by atoms with Crippen LogP contribution in [0, 0.1) is 0 Å². The summed E-state index contributed by atoms with van der Waals surface area (Å²) in [5.41, 5.74) is 0.324. The minimum Gasteiger partial charge on any atom is -0.493 e. The summed E-state index contributed by atoms with van der Waals surface area (Å²) in [5.74, 6) is -0.484. The van der Waals surface area contributed by atoms with Gasteiger partial charge >= 0.3 is 0 Å². The van der Waals surface area contributed by atoms with E-state index >= 15 is 0 Å². The van der Waals surface area contributed by atoms with Crippen molar-refractivity contribution in [1.29, 1.82) is 0 Å². The minimum atomic E-state index is -0.491. The van der Waals surface area contributed by atoms with Crippen molar-refractivity contribution < 1.29 is 23.9 Å². The van der Waals surface area contributed by atoms with Crippen molar-refractivity contribution >= 4 is 17.7 Å². The maximum Gasteiger partial charge on any atom is 0.254 e. The van der Waals surface area contributed by atoms with E-state index in [9.17, 15) is 14.4 Å². The predicted molar refractivity (Wildman–Crippen MR) is 68.6 cm³/mol. The Morgan fingerprint density at radius 2 is 1.70 bits per heavy atom. The fourth-order valence-electron chi connectivity index (χ4n) is 1.93. The number of carbonyl (C=O) groups is 3. The van der Waals surface area contributed by atoms with Crippen LogP contribution in [0.4, 0.5) is 0 Å². The first-order valence-electron chi connectivity index (χ1n) is 5.89. The van der Waals surface area contributed by atoms with Gasteiger partial charge in [-0.25, -0.2) is 0 Å². The van der Waals surface area contributed by atoms with E-state index in [4.69, 9.17) is 9.47 Å². The predicted octanol–water partition coefficient (Wildman–Crippen LogP) is -0.198. The van der Waals surface area contributed by atoms with Crippen LogP contribution in [-0.2, 0) is 9.59 Å². The van der Waals surface area contributed by atoms with Crippen molar-refractivity contribution in [1.82, 2.24) is 10.2 Å². The van der Waals surface area contributed by atoms with Crippen molar-refractivity contribution in [2.45, 2.75) is 0 Å². The van der Waals surface area contributed by atoms with Crippen molar-refractivity contribution in [3.05, 3.63) is 23.8 Å². The third kappa shape index (κ3) is 2.71. The average Bonchev–Trinajstić information content (AvgIpc) is 2.44. The van der Waals surface area contributed by atoms with Gasteiger partial charge in [-0.1, -0.05) is 0 Å². The summed E-state index contributed by atoms with van der Waals surface area (Å²) in [6, 6.07) is 4.66. The van der Waals surface area contributed by atoms with E-state index in [0.29, 0.717) is 17.1 Å². The minimum absolute atomic E-state index is 0.140. The Bertz CT molecular complexity index is 554. The van der Waals surface area contributed by atoms with Crippen LogP contribution in [0.5, 0.6) is 11.5 Å². The largest absolute Gasteiger partial charge is 0.493 e. The van der Waals surface area contributed by atoms with Gasteiger partial charge in [-0.3, -0.25) is 19.7 Å². The Morgan fingerprint density at radius 3 is 2.25 bits per heavy atom. The maximum atomic E-state index is 12.3. The van der Waals surface area contributed by atoms with Crippen molar-refractivity contribution in [3.8, 4) is 11.5 Å². The molecule has 2 rings (SSSR count). The molecule has 1 aliphatic heterocycles. The molecule has 0 aliphatic carbocycles. The summed E-state index contributed by atoms with van der Waals surface area (Å²) in [7, 11) is 2.96. The molecule has 7 heteroatoms. The molecule has 1 aromatic rings. The second-order valence-electron chi connectivity index (χ2n) is 4.20. The lowest BCUT2D eigenvalue weighted by Crippen LogP contribution is -2.53. The van der Waals surface area contributed by atoms with Crippen LogP contribution >= 0.6 is 0 Å². The first kappa shape index (κ1) is 13.9. The molecule has 0 spiro atoms. The summed E-state index contributed by atoms with van der Waals surface area (Å²) in [4.78, 5) is 36.0. The van der Waals surface area contributed by atoms with E-state index in [1.807, 2.05) is 0 Å². The Morgan fingerprint density at radius 1 is 1.10 bits per heavy atom. The monoisotopic (exact) mass is 278 g/mol. The number of rotatable bonds is 3. The standard InChI is InChI=1S/C13H14N2O5/c1-19-9-4-3-8(5-10(9)20-2)13(18)15-6-11(16)14-12(17)7-15/h3-5H,6-7H2,1-2H3,(H,14,16,17). The van der Waals surface area contributed by atoms with Crippen LogP contribution in [-0.4, -0.2) is 49.9 Å². The first-order chi connectivity index (χ1) is 9.55. The zero-order chi connectivity index (χ0) is 14.7. The molecule has 0 atom stereocenters. The number of carbonyl (C=O) groups excluding carboxylic acids is 3. The number of piperazine rings is 1. The Labute approximate surface area is 115 Å². The highest BCUT2D eigenvalue weighted by Gasteiger charge is 2.27. The molecule has 0 aromatic heterocycles. The summed E-state index contributed by atoms with van der Waals surface area (Å²) in [5, 5.41) is 2.14. The summed E-state index contributed by atoms with van der Waals surface area (Å²) < 4.78 is 10.2. The number of nitrogens with zero attached hydrogens (tertiary/aromatic N) is 1. The number of benzene rings is 1. The van der Waals surface area contributed by atoms with Gasteiger partial charge in [-0.2, -0.15) is 0 Å². The van der Waals surface area contributed by atoms with Gasteiger partial charge in [-0.05, 0) is 18.2 Å². The van der Waals surface area contributed by atoms with Gasteiger partial charge in [0.15, 0.2) is 11.5 Å². The molecular weight excluding hydrogens is 264 g/mol. The molecule has 1 aromatic carbocycles. The van der Waals surface area contributed by atoms with Crippen molar-refractivity contribution in [2.75, 3.05) is 27.3 Å². The molecule has 7 nitrogen and oxygen atoms in total. The van der Waals surface area contributed by atoms with Crippen LogP contribution in [0.15, 0.2) is 18.2 Å². The molecule has 0 radical (unpaired) electrons. The van der Waals surface area contributed by atoms with E-state index in [0.717, 1.165) is 0 Å². The second kappa shape index (κ2) is 5.60.